The highest BCUT2D eigenvalue weighted by atomic mass is 19.1. The number of likely N-dealkylation sites (N-methyl/N-ethyl adjacent to an activating group) is 2. The highest BCUT2D eigenvalue weighted by Crippen LogP contribution is 2.23. The summed E-state index contributed by atoms with van der Waals surface area (Å²) in [6, 6.07) is 23.0. The van der Waals surface area contributed by atoms with E-state index in [-0.39, 0.29) is 41.0 Å². The second-order valence-electron chi connectivity index (χ2n) is 26.0. The molecule has 22 nitrogen and oxygen atoms in total. The van der Waals surface area contributed by atoms with E-state index in [1.54, 1.807) is 39.0 Å². The van der Waals surface area contributed by atoms with Gasteiger partial charge in [-0.15, -0.1) is 0 Å². The molecular weight excluding hydrogens is 1180 g/mol. The fraction of sp³-hybridized carbons (Fsp3) is 0.700. The lowest BCUT2D eigenvalue weighted by molar-refractivity contribution is -0.379. The normalized spacial score (nSPS) is 21.1. The van der Waals surface area contributed by atoms with Crippen molar-refractivity contribution in [2.75, 3.05) is 219 Å². The number of nitrogens with zero attached hydrogens (tertiary/aromatic N) is 7. The number of Topliss-reactive ketones (excluding diaryl/α,β-unsaturated/α-hetero) is 1. The monoisotopic (exact) mass is 1300 g/mol. The van der Waals surface area contributed by atoms with E-state index in [9.17, 15) is 23.7 Å². The van der Waals surface area contributed by atoms with Crippen LogP contribution in [0.3, 0.4) is 0 Å². The van der Waals surface area contributed by atoms with E-state index in [2.05, 4.69) is 122 Å². The van der Waals surface area contributed by atoms with E-state index in [4.69, 9.17) is 0 Å². The summed E-state index contributed by atoms with van der Waals surface area (Å²) in [7, 11) is 5.26. The molecule has 23 heteroatoms. The van der Waals surface area contributed by atoms with Gasteiger partial charge in [0.05, 0.1) is 24.3 Å². The minimum atomic E-state index is -0.105. The number of carbonyl (C=O) groups is 3. The summed E-state index contributed by atoms with van der Waals surface area (Å²) < 4.78 is 13.6. The number of nitroso groups, excluding NO2 is 1. The predicted octanol–water partition coefficient (Wildman–Crippen LogP) is 2.91. The largest absolute Gasteiger partial charge is 0.870 e. The lowest BCUT2D eigenvalue weighted by atomic mass is 9.94. The highest BCUT2D eigenvalue weighted by molar-refractivity contribution is 5.82. The van der Waals surface area contributed by atoms with E-state index < -0.39 is 0 Å². The summed E-state index contributed by atoms with van der Waals surface area (Å²) in [5.74, 6) is 1.30. The Hall–Kier alpha value is -5.28. The predicted molar refractivity (Wildman–Crippen MR) is 380 cm³/mol. The zero-order valence-corrected chi connectivity index (χ0v) is 58.4. The quantitative estimate of drug-likeness (QED) is 0.133. The Morgan fingerprint density at radius 1 is 0.548 bits per heavy atom. The van der Waals surface area contributed by atoms with Gasteiger partial charge in [-0.1, -0.05) is 56.9 Å². The number of halogens is 1. The molecule has 8 aliphatic heterocycles. The molecule has 8 saturated heterocycles. The van der Waals surface area contributed by atoms with Crippen LogP contribution in [0.5, 0.6) is 0 Å². The Balaban J connectivity index is 0.000000227. The molecule has 1 aliphatic carbocycles. The van der Waals surface area contributed by atoms with Crippen molar-refractivity contribution in [3.8, 4) is 0 Å². The van der Waals surface area contributed by atoms with Crippen LogP contribution >= 0.6 is 0 Å². The SMILES string of the molecule is C1CCC(N2CCNCC2)CC1.CC(=O)C1CCCN1.CC(C)CN1CCNCC1.CN(C)C(=O)C1CCCN1.CNC(=O)CN1CCNCC1.Cc1ccc(N2CCNCC2)c(F)c1.Cc1ccc(N2CCNCC2)cc1.O=[NH+]c1ccc(N2CCNCC2)cc1.[OH-]. The van der Waals surface area contributed by atoms with Crippen molar-refractivity contribution in [2.24, 2.45) is 5.92 Å². The number of piperazine rings is 6. The molecule has 9 fully saturated rings. The average molecular weight is 1300 g/mol. The molecule has 93 heavy (non-hydrogen) atoms. The third-order valence-electron chi connectivity index (χ3n) is 17.8. The molecule has 3 aromatic rings. The first-order valence-electron chi connectivity index (χ1n) is 35.0. The van der Waals surface area contributed by atoms with Crippen LogP contribution in [0.2, 0.25) is 0 Å². The molecular formula is C70H124FN17O5. The maximum atomic E-state index is 13.6. The lowest BCUT2D eigenvalue weighted by Crippen LogP contribution is -2.55. The number of benzene rings is 3. The Morgan fingerprint density at radius 2 is 0.978 bits per heavy atom. The topological polar surface area (TPSA) is 243 Å². The number of aryl methyl sites for hydroxylation is 2. The van der Waals surface area contributed by atoms with Crippen molar-refractivity contribution < 1.29 is 29.4 Å². The molecule has 0 radical (unpaired) electrons. The standard InChI is InChI=1S/C11H15FN2.C11H16N2.C10H13N3O.C10H20N2.C8H18N2.C7H15N3O.C7H14N2O.C6H11NO.H2O/c1-9-2-3-11(10(12)8-9)14-6-4-13-5-7-14;1-10-2-4-11(5-3-10)13-8-6-12-7-9-13;14-12-9-1-3-10(4-2-9)13-7-5-11-6-8-13;1-2-4-10(5-3-1)12-8-6-11-7-9-12;1-8(2)7-10-5-3-9-4-6-10;1-8-7(11)6-10-4-2-9-3-5-10;1-9(2)7(10)6-4-3-5-8-6;1-5(8)6-3-2-4-7-6;/h2-3,8,13H,4-7H2,1H3;2-5,12H,6-9H2,1H3;1-4,11H,5-8H2;10-11H,1-9H2;8-9H,3-7H2,1-2H3;9H,2-6H2,1H3,(H,8,11);6,8H,3-5H2,1-2H3;6-7H,2-4H2,1H3;1H2. The zero-order chi connectivity index (χ0) is 66.1. The van der Waals surface area contributed by atoms with Gasteiger partial charge >= 0.3 is 0 Å². The first-order valence-corrected chi connectivity index (χ1v) is 35.0. The van der Waals surface area contributed by atoms with Crippen LogP contribution < -0.4 is 67.7 Å². The van der Waals surface area contributed by atoms with Crippen molar-refractivity contribution in [3.05, 3.63) is 88.6 Å². The van der Waals surface area contributed by atoms with Gasteiger partial charge in [-0.25, -0.2) is 4.39 Å². The second-order valence-corrected chi connectivity index (χ2v) is 26.0. The molecule has 0 aromatic heterocycles. The zero-order valence-electron chi connectivity index (χ0n) is 58.4. The molecule has 11 N–H and O–H groups in total. The number of hydrogen-bond acceptors (Lipinski definition) is 19. The van der Waals surface area contributed by atoms with Crippen molar-refractivity contribution >= 4 is 40.3 Å². The van der Waals surface area contributed by atoms with Crippen LogP contribution in [0.25, 0.3) is 0 Å². The number of amides is 2. The molecule has 2 unspecified atom stereocenters. The minimum Gasteiger partial charge on any atom is -0.870 e. The number of ketones is 1. The number of carbonyl (C=O) groups excluding carboxylic acids is 3. The Bertz CT molecular complexity index is 2410. The fourth-order valence-corrected chi connectivity index (χ4v) is 12.4. The number of rotatable bonds is 11. The molecule has 526 valence electrons. The number of nitrogens with one attached hydrogen (secondary N) is 10. The van der Waals surface area contributed by atoms with Gasteiger partial charge in [0.2, 0.25) is 11.8 Å². The van der Waals surface area contributed by atoms with Crippen molar-refractivity contribution in [1.82, 2.24) is 67.5 Å². The molecule has 9 aliphatic rings. The molecule has 1 saturated carbocycles. The molecule has 0 spiro atoms. The highest BCUT2D eigenvalue weighted by Gasteiger charge is 2.24. The van der Waals surface area contributed by atoms with Crippen LogP contribution in [-0.4, -0.2) is 265 Å². The second kappa shape index (κ2) is 47.6. The Labute approximate surface area is 559 Å². The molecule has 12 rings (SSSR count). The summed E-state index contributed by atoms with van der Waals surface area (Å²) in [6.45, 7) is 40.0. The van der Waals surface area contributed by atoms with Gasteiger partial charge in [0.15, 0.2) is 0 Å². The molecule has 3 aromatic carbocycles. The van der Waals surface area contributed by atoms with Crippen molar-refractivity contribution in [2.45, 2.75) is 111 Å². The minimum absolute atomic E-state index is 0. The first kappa shape index (κ1) is 80.2. The lowest BCUT2D eigenvalue weighted by Gasteiger charge is -2.36. The van der Waals surface area contributed by atoms with Gasteiger partial charge in [0, 0.05) is 224 Å². The molecule has 2 amide bonds. The molecule has 2 atom stereocenters. The van der Waals surface area contributed by atoms with Crippen LogP contribution in [0.15, 0.2) is 66.7 Å². The van der Waals surface area contributed by atoms with Crippen LogP contribution in [0.1, 0.15) is 89.7 Å². The number of hydrogen-bond donors (Lipinski definition) is 10. The summed E-state index contributed by atoms with van der Waals surface area (Å²) in [6.07, 6.45) is 11.6. The van der Waals surface area contributed by atoms with Crippen LogP contribution in [0, 0.1) is 30.5 Å². The van der Waals surface area contributed by atoms with E-state index in [1.165, 1.54) is 108 Å². The Morgan fingerprint density at radius 3 is 1.39 bits per heavy atom. The summed E-state index contributed by atoms with van der Waals surface area (Å²) >= 11 is 0. The average Bonchev–Trinajstić information content (AvgIpc) is 2.59. The van der Waals surface area contributed by atoms with Gasteiger partial charge in [-0.2, -0.15) is 0 Å². The van der Waals surface area contributed by atoms with E-state index >= 15 is 0 Å². The smallest absolute Gasteiger partial charge is 0.253 e. The van der Waals surface area contributed by atoms with Crippen molar-refractivity contribution in [3.63, 3.8) is 0 Å². The molecule has 0 bridgehead atoms. The maximum absolute atomic E-state index is 13.6. The maximum Gasteiger partial charge on any atom is 0.253 e. The first-order chi connectivity index (χ1) is 44.6. The van der Waals surface area contributed by atoms with Gasteiger partial charge < -0.3 is 77.8 Å². The van der Waals surface area contributed by atoms with E-state index in [0.29, 0.717) is 12.2 Å². The van der Waals surface area contributed by atoms with Gasteiger partial charge in [0.1, 0.15) is 11.6 Å². The van der Waals surface area contributed by atoms with Gasteiger partial charge in [-0.3, -0.25) is 24.2 Å². The Kier molecular flexibility index (Phi) is 41.0. The van der Waals surface area contributed by atoms with Crippen LogP contribution in [-0.2, 0) is 14.4 Å². The summed E-state index contributed by atoms with van der Waals surface area (Å²) in [4.78, 5) is 58.9. The van der Waals surface area contributed by atoms with Gasteiger partial charge in [-0.05, 0) is 120 Å². The third kappa shape index (κ3) is 32.8. The molecule has 8 heterocycles. The fourth-order valence-electron chi connectivity index (χ4n) is 12.4. The summed E-state index contributed by atoms with van der Waals surface area (Å²) in [5.41, 5.74) is 6.19. The van der Waals surface area contributed by atoms with Crippen LogP contribution in [0.4, 0.5) is 27.1 Å². The summed E-state index contributed by atoms with van der Waals surface area (Å²) in [5, 5.41) is 30.6. The van der Waals surface area contributed by atoms with Gasteiger partial charge in [0.25, 0.3) is 5.69 Å². The van der Waals surface area contributed by atoms with Crippen molar-refractivity contribution in [1.29, 1.82) is 0 Å². The third-order valence-corrected chi connectivity index (χ3v) is 17.8. The van der Waals surface area contributed by atoms with E-state index in [1.807, 2.05) is 48.5 Å². The number of anilines is 3. The van der Waals surface area contributed by atoms with E-state index in [0.717, 1.165) is 167 Å².